The molecule has 88 valence electrons. The van der Waals surface area contributed by atoms with Crippen molar-refractivity contribution in [2.24, 2.45) is 0 Å². The average Bonchev–Trinajstić information content (AvgIpc) is 2.39. The normalized spacial score (nSPS) is 16.2. The Bertz CT molecular complexity index is 443. The third-order valence-corrected chi connectivity index (χ3v) is 2.93. The zero-order valence-electron chi connectivity index (χ0n) is 10.2. The fourth-order valence-electron chi connectivity index (χ4n) is 2.16. The number of nitrogens with one attached hydrogen (secondary N) is 2. The molecule has 2 heterocycles. The minimum atomic E-state index is -0.252. The second kappa shape index (κ2) is 3.92. The molecule has 1 aromatic heterocycles. The lowest BCUT2D eigenvalue weighted by atomic mass is 9.87. The second-order valence-electron chi connectivity index (χ2n) is 5.38. The summed E-state index contributed by atoms with van der Waals surface area (Å²) in [6.07, 6.45) is 3.28. The van der Waals surface area contributed by atoms with Crippen LogP contribution in [0, 0.1) is 0 Å². The monoisotopic (exact) mass is 221 g/mol. The SMILES string of the molecule is CC(C)(C)c1[nH]c(=O)nc2c1CCCCN2. The van der Waals surface area contributed by atoms with Gasteiger partial charge in [0.2, 0.25) is 0 Å². The minimum absolute atomic E-state index is 0.0434. The van der Waals surface area contributed by atoms with Crippen molar-refractivity contribution in [3.8, 4) is 0 Å². The van der Waals surface area contributed by atoms with E-state index < -0.39 is 0 Å². The first-order valence-corrected chi connectivity index (χ1v) is 5.86. The zero-order valence-corrected chi connectivity index (χ0v) is 10.2. The molecule has 0 bridgehead atoms. The minimum Gasteiger partial charge on any atom is -0.370 e. The van der Waals surface area contributed by atoms with Crippen molar-refractivity contribution in [2.45, 2.75) is 45.4 Å². The van der Waals surface area contributed by atoms with E-state index in [1.165, 1.54) is 5.56 Å². The van der Waals surface area contributed by atoms with Crippen molar-refractivity contribution >= 4 is 5.82 Å². The van der Waals surface area contributed by atoms with E-state index in [0.717, 1.165) is 37.3 Å². The van der Waals surface area contributed by atoms with Crippen LogP contribution in [0.1, 0.15) is 44.9 Å². The van der Waals surface area contributed by atoms with Crippen LogP contribution in [0.5, 0.6) is 0 Å². The molecule has 4 nitrogen and oxygen atoms in total. The van der Waals surface area contributed by atoms with E-state index in [2.05, 4.69) is 36.1 Å². The summed E-state index contributed by atoms with van der Waals surface area (Å²) >= 11 is 0. The lowest BCUT2D eigenvalue weighted by Crippen LogP contribution is -2.25. The number of rotatable bonds is 0. The van der Waals surface area contributed by atoms with E-state index in [1.54, 1.807) is 0 Å². The summed E-state index contributed by atoms with van der Waals surface area (Å²) in [6, 6.07) is 0. The van der Waals surface area contributed by atoms with Crippen LogP contribution < -0.4 is 11.0 Å². The summed E-state index contributed by atoms with van der Waals surface area (Å²) in [5.74, 6) is 0.783. The molecule has 16 heavy (non-hydrogen) atoms. The van der Waals surface area contributed by atoms with Gasteiger partial charge in [0.1, 0.15) is 5.82 Å². The van der Waals surface area contributed by atoms with Crippen molar-refractivity contribution < 1.29 is 0 Å². The van der Waals surface area contributed by atoms with Crippen molar-refractivity contribution in [2.75, 3.05) is 11.9 Å². The second-order valence-corrected chi connectivity index (χ2v) is 5.38. The van der Waals surface area contributed by atoms with Gasteiger partial charge in [-0.2, -0.15) is 4.98 Å². The van der Waals surface area contributed by atoms with Gasteiger partial charge in [-0.05, 0) is 19.3 Å². The van der Waals surface area contributed by atoms with Crippen LogP contribution in [0.2, 0.25) is 0 Å². The Morgan fingerprint density at radius 2 is 2.00 bits per heavy atom. The van der Waals surface area contributed by atoms with Crippen LogP contribution in [-0.4, -0.2) is 16.5 Å². The number of fused-ring (bicyclic) bond motifs is 1. The number of H-pyrrole nitrogens is 1. The van der Waals surface area contributed by atoms with Crippen LogP contribution >= 0.6 is 0 Å². The maximum absolute atomic E-state index is 11.5. The average molecular weight is 221 g/mol. The third kappa shape index (κ3) is 2.10. The number of hydrogen-bond acceptors (Lipinski definition) is 3. The maximum atomic E-state index is 11.5. The summed E-state index contributed by atoms with van der Waals surface area (Å²) in [7, 11) is 0. The van der Waals surface area contributed by atoms with Crippen LogP contribution in [0.15, 0.2) is 4.79 Å². The van der Waals surface area contributed by atoms with Crippen LogP contribution in [-0.2, 0) is 11.8 Å². The van der Waals surface area contributed by atoms with Crippen LogP contribution in [0.25, 0.3) is 0 Å². The molecule has 0 fully saturated rings. The highest BCUT2D eigenvalue weighted by Crippen LogP contribution is 2.28. The Labute approximate surface area is 95.5 Å². The first-order valence-electron chi connectivity index (χ1n) is 5.86. The molecule has 0 amide bonds. The first-order chi connectivity index (χ1) is 7.48. The smallest absolute Gasteiger partial charge is 0.347 e. The molecule has 0 atom stereocenters. The molecular formula is C12H19N3O. The van der Waals surface area contributed by atoms with Gasteiger partial charge < -0.3 is 10.3 Å². The van der Waals surface area contributed by atoms with Crippen LogP contribution in [0.3, 0.4) is 0 Å². The van der Waals surface area contributed by atoms with Gasteiger partial charge in [-0.25, -0.2) is 4.79 Å². The van der Waals surface area contributed by atoms with Crippen molar-refractivity contribution in [3.05, 3.63) is 21.7 Å². The summed E-state index contributed by atoms with van der Waals surface area (Å²) in [6.45, 7) is 7.25. The van der Waals surface area contributed by atoms with Gasteiger partial charge in [-0.3, -0.25) is 0 Å². The molecule has 2 rings (SSSR count). The van der Waals surface area contributed by atoms with Crippen molar-refractivity contribution in [1.82, 2.24) is 9.97 Å². The molecule has 0 unspecified atom stereocenters. The Balaban J connectivity index is 2.60. The molecule has 1 aliphatic heterocycles. The van der Waals surface area contributed by atoms with Gasteiger partial charge in [0.25, 0.3) is 0 Å². The van der Waals surface area contributed by atoms with Gasteiger partial charge in [-0.1, -0.05) is 20.8 Å². The third-order valence-electron chi connectivity index (χ3n) is 2.93. The Hall–Kier alpha value is -1.32. The molecule has 0 saturated carbocycles. The Morgan fingerprint density at radius 3 is 2.69 bits per heavy atom. The summed E-state index contributed by atoms with van der Waals surface area (Å²) in [4.78, 5) is 18.4. The lowest BCUT2D eigenvalue weighted by molar-refractivity contribution is 0.554. The number of nitrogens with zero attached hydrogens (tertiary/aromatic N) is 1. The van der Waals surface area contributed by atoms with Gasteiger partial charge in [-0.15, -0.1) is 0 Å². The fourth-order valence-corrected chi connectivity index (χ4v) is 2.16. The molecule has 4 heteroatoms. The highest BCUT2D eigenvalue weighted by atomic mass is 16.1. The topological polar surface area (TPSA) is 57.8 Å². The van der Waals surface area contributed by atoms with Gasteiger partial charge in [0.15, 0.2) is 0 Å². The van der Waals surface area contributed by atoms with Gasteiger partial charge >= 0.3 is 5.69 Å². The molecule has 1 aromatic rings. The van der Waals surface area contributed by atoms with Gasteiger partial charge in [0.05, 0.1) is 0 Å². The van der Waals surface area contributed by atoms with E-state index >= 15 is 0 Å². The van der Waals surface area contributed by atoms with Crippen molar-refractivity contribution in [3.63, 3.8) is 0 Å². The number of aromatic nitrogens is 2. The van der Waals surface area contributed by atoms with Crippen LogP contribution in [0.4, 0.5) is 5.82 Å². The van der Waals surface area contributed by atoms with E-state index in [9.17, 15) is 4.79 Å². The molecule has 0 spiro atoms. The Kier molecular flexibility index (Phi) is 2.74. The van der Waals surface area contributed by atoms with E-state index in [-0.39, 0.29) is 11.1 Å². The predicted octanol–water partition coefficient (Wildman–Crippen LogP) is 1.82. The van der Waals surface area contributed by atoms with E-state index in [4.69, 9.17) is 0 Å². The number of aromatic amines is 1. The highest BCUT2D eigenvalue weighted by Gasteiger charge is 2.23. The molecule has 0 aromatic carbocycles. The van der Waals surface area contributed by atoms with Crippen molar-refractivity contribution in [1.29, 1.82) is 0 Å². The largest absolute Gasteiger partial charge is 0.370 e. The Morgan fingerprint density at radius 1 is 1.25 bits per heavy atom. The summed E-state index contributed by atoms with van der Waals surface area (Å²) in [5, 5.41) is 3.25. The molecule has 1 aliphatic rings. The van der Waals surface area contributed by atoms with E-state index in [0.29, 0.717) is 0 Å². The van der Waals surface area contributed by atoms with E-state index in [1.807, 2.05) is 0 Å². The molecule has 0 saturated heterocycles. The van der Waals surface area contributed by atoms with Gasteiger partial charge in [0, 0.05) is 23.2 Å². The number of anilines is 1. The zero-order chi connectivity index (χ0) is 11.8. The quantitative estimate of drug-likeness (QED) is 0.702. The standard InChI is InChI=1S/C12H19N3O/c1-12(2,3)9-8-6-4-5-7-13-10(8)15-11(16)14-9/h4-7H2,1-3H3,(H2,13,14,15,16). The summed E-state index contributed by atoms with van der Waals surface area (Å²) in [5.41, 5.74) is 1.91. The lowest BCUT2D eigenvalue weighted by Gasteiger charge is -2.22. The summed E-state index contributed by atoms with van der Waals surface area (Å²) < 4.78 is 0. The highest BCUT2D eigenvalue weighted by molar-refractivity contribution is 5.48. The molecular weight excluding hydrogens is 202 g/mol. The molecule has 2 N–H and O–H groups in total. The predicted molar refractivity (Wildman–Crippen MR) is 65.0 cm³/mol. The molecule has 0 radical (unpaired) electrons. The fraction of sp³-hybridized carbons (Fsp3) is 0.667. The number of hydrogen-bond donors (Lipinski definition) is 2. The first kappa shape index (κ1) is 11.2. The molecule has 0 aliphatic carbocycles. The maximum Gasteiger partial charge on any atom is 0.347 e.